The summed E-state index contributed by atoms with van der Waals surface area (Å²) < 4.78 is 10.4. The molecule has 0 fully saturated rings. The van der Waals surface area contributed by atoms with Gasteiger partial charge in [-0.15, -0.1) is 0 Å². The van der Waals surface area contributed by atoms with Crippen LogP contribution in [0.15, 0.2) is 30.3 Å². The Labute approximate surface area is 114 Å². The number of ether oxygens (including phenoxy) is 2. The predicted octanol–water partition coefficient (Wildman–Crippen LogP) is 1.92. The van der Waals surface area contributed by atoms with Gasteiger partial charge in [0.15, 0.2) is 0 Å². The van der Waals surface area contributed by atoms with E-state index in [1.54, 1.807) is 13.8 Å². The Kier molecular flexibility index (Phi) is 6.53. The monoisotopic (exact) mass is 265 g/mol. The first-order valence-electron chi connectivity index (χ1n) is 6.64. The van der Waals surface area contributed by atoms with Crippen LogP contribution in [0.3, 0.4) is 0 Å². The molecule has 2 N–H and O–H groups in total. The lowest BCUT2D eigenvalue weighted by atomic mass is 10.1. The van der Waals surface area contributed by atoms with Gasteiger partial charge < -0.3 is 15.2 Å². The van der Waals surface area contributed by atoms with Crippen molar-refractivity contribution >= 4 is 5.97 Å². The zero-order valence-corrected chi connectivity index (χ0v) is 11.7. The van der Waals surface area contributed by atoms with Gasteiger partial charge in [-0.1, -0.05) is 30.3 Å². The molecule has 19 heavy (non-hydrogen) atoms. The number of rotatable bonds is 8. The van der Waals surface area contributed by atoms with Gasteiger partial charge in [0.1, 0.15) is 5.54 Å². The molecule has 0 aliphatic rings. The largest absolute Gasteiger partial charge is 0.465 e. The summed E-state index contributed by atoms with van der Waals surface area (Å²) in [5, 5.41) is 0. The van der Waals surface area contributed by atoms with Crippen molar-refractivity contribution < 1.29 is 14.3 Å². The lowest BCUT2D eigenvalue weighted by Gasteiger charge is -2.21. The highest BCUT2D eigenvalue weighted by Crippen LogP contribution is 2.06. The van der Waals surface area contributed by atoms with E-state index in [1.807, 2.05) is 18.2 Å². The number of aryl methyl sites for hydroxylation is 1. The van der Waals surface area contributed by atoms with Crippen molar-refractivity contribution in [3.8, 4) is 0 Å². The first-order valence-corrected chi connectivity index (χ1v) is 6.64. The molecule has 4 heteroatoms. The van der Waals surface area contributed by atoms with Crippen LogP contribution in [0.4, 0.5) is 0 Å². The third-order valence-electron chi connectivity index (χ3n) is 2.74. The summed E-state index contributed by atoms with van der Waals surface area (Å²) in [6.45, 7) is 4.48. The summed E-state index contributed by atoms with van der Waals surface area (Å²) in [4.78, 5) is 11.5. The molecule has 0 saturated heterocycles. The maximum absolute atomic E-state index is 11.5. The lowest BCUT2D eigenvalue weighted by Crippen LogP contribution is -2.50. The molecule has 1 aromatic carbocycles. The van der Waals surface area contributed by atoms with Crippen molar-refractivity contribution in [2.24, 2.45) is 5.73 Å². The van der Waals surface area contributed by atoms with Gasteiger partial charge in [-0.2, -0.15) is 0 Å². The van der Waals surface area contributed by atoms with Crippen LogP contribution in [0, 0.1) is 0 Å². The van der Waals surface area contributed by atoms with Crippen LogP contribution in [0.5, 0.6) is 0 Å². The molecule has 0 aliphatic heterocycles. The summed E-state index contributed by atoms with van der Waals surface area (Å²) in [5.74, 6) is -0.418. The lowest BCUT2D eigenvalue weighted by molar-refractivity contribution is -0.151. The van der Waals surface area contributed by atoms with Gasteiger partial charge in [0, 0.05) is 6.61 Å². The van der Waals surface area contributed by atoms with E-state index in [4.69, 9.17) is 15.2 Å². The molecule has 0 bridgehead atoms. The average molecular weight is 265 g/mol. The molecule has 0 aromatic heterocycles. The van der Waals surface area contributed by atoms with Crippen LogP contribution in [-0.4, -0.2) is 31.3 Å². The topological polar surface area (TPSA) is 61.5 Å². The SMILES string of the molecule is CCOC(=O)C(C)(N)COCCCc1ccccc1. The van der Waals surface area contributed by atoms with Crippen LogP contribution in [0.25, 0.3) is 0 Å². The van der Waals surface area contributed by atoms with Gasteiger partial charge in [-0.3, -0.25) is 0 Å². The molecule has 1 unspecified atom stereocenters. The van der Waals surface area contributed by atoms with E-state index in [0.29, 0.717) is 13.2 Å². The van der Waals surface area contributed by atoms with Crippen LogP contribution < -0.4 is 5.73 Å². The molecule has 1 aromatic rings. The molecule has 0 radical (unpaired) electrons. The minimum absolute atomic E-state index is 0.181. The number of hydrogen-bond acceptors (Lipinski definition) is 4. The van der Waals surface area contributed by atoms with Crippen LogP contribution in [-0.2, 0) is 20.7 Å². The van der Waals surface area contributed by atoms with Crippen molar-refractivity contribution in [3.63, 3.8) is 0 Å². The molecular formula is C15H23NO3. The molecule has 4 nitrogen and oxygen atoms in total. The first-order chi connectivity index (χ1) is 9.06. The van der Waals surface area contributed by atoms with E-state index in [9.17, 15) is 4.79 Å². The molecule has 0 spiro atoms. The van der Waals surface area contributed by atoms with Crippen LogP contribution >= 0.6 is 0 Å². The number of hydrogen-bond donors (Lipinski definition) is 1. The van der Waals surface area contributed by atoms with Crippen molar-refractivity contribution in [3.05, 3.63) is 35.9 Å². The fraction of sp³-hybridized carbons (Fsp3) is 0.533. The van der Waals surface area contributed by atoms with Crippen LogP contribution in [0.2, 0.25) is 0 Å². The molecular weight excluding hydrogens is 242 g/mol. The predicted molar refractivity (Wildman–Crippen MR) is 74.8 cm³/mol. The quantitative estimate of drug-likeness (QED) is 0.576. The third kappa shape index (κ3) is 5.85. The molecule has 0 amide bonds. The second-order valence-corrected chi connectivity index (χ2v) is 4.78. The zero-order chi connectivity index (χ0) is 14.1. The maximum Gasteiger partial charge on any atom is 0.328 e. The smallest absolute Gasteiger partial charge is 0.328 e. The second-order valence-electron chi connectivity index (χ2n) is 4.78. The highest BCUT2D eigenvalue weighted by atomic mass is 16.5. The molecule has 106 valence electrons. The molecule has 0 aliphatic carbocycles. The fourth-order valence-corrected chi connectivity index (χ4v) is 1.66. The normalized spacial score (nSPS) is 13.8. The Morgan fingerprint density at radius 1 is 1.32 bits per heavy atom. The highest BCUT2D eigenvalue weighted by molar-refractivity contribution is 5.80. The number of carbonyl (C=O) groups excluding carboxylic acids is 1. The second kappa shape index (κ2) is 7.92. The molecule has 1 rings (SSSR count). The number of carbonyl (C=O) groups is 1. The minimum atomic E-state index is -1.07. The molecule has 0 saturated carbocycles. The number of nitrogens with two attached hydrogens (primary N) is 1. The van der Waals surface area contributed by atoms with E-state index < -0.39 is 11.5 Å². The summed E-state index contributed by atoms with van der Waals surface area (Å²) >= 11 is 0. The average Bonchev–Trinajstić information content (AvgIpc) is 2.39. The Hall–Kier alpha value is -1.39. The Balaban J connectivity index is 2.18. The van der Waals surface area contributed by atoms with Gasteiger partial charge in [0.05, 0.1) is 13.2 Å². The zero-order valence-electron chi connectivity index (χ0n) is 11.7. The van der Waals surface area contributed by atoms with Gasteiger partial charge in [0.25, 0.3) is 0 Å². The van der Waals surface area contributed by atoms with E-state index in [2.05, 4.69) is 12.1 Å². The summed E-state index contributed by atoms with van der Waals surface area (Å²) in [5.41, 5.74) is 6.06. The van der Waals surface area contributed by atoms with Gasteiger partial charge in [0.2, 0.25) is 0 Å². The van der Waals surface area contributed by atoms with Crippen molar-refractivity contribution in [2.45, 2.75) is 32.2 Å². The summed E-state index contributed by atoms with van der Waals surface area (Å²) in [6.07, 6.45) is 1.87. The molecule has 1 atom stereocenters. The Morgan fingerprint density at radius 2 is 2.00 bits per heavy atom. The molecule has 0 heterocycles. The Bertz CT molecular complexity index is 376. The number of benzene rings is 1. The van der Waals surface area contributed by atoms with E-state index in [1.165, 1.54) is 5.56 Å². The van der Waals surface area contributed by atoms with Crippen molar-refractivity contribution in [1.29, 1.82) is 0 Å². The summed E-state index contributed by atoms with van der Waals surface area (Å²) in [6, 6.07) is 10.2. The highest BCUT2D eigenvalue weighted by Gasteiger charge is 2.30. The van der Waals surface area contributed by atoms with Crippen molar-refractivity contribution in [2.75, 3.05) is 19.8 Å². The van der Waals surface area contributed by atoms with Gasteiger partial charge in [-0.25, -0.2) is 4.79 Å². The van der Waals surface area contributed by atoms with E-state index in [0.717, 1.165) is 12.8 Å². The first kappa shape index (κ1) is 15.7. The van der Waals surface area contributed by atoms with Gasteiger partial charge in [-0.05, 0) is 32.3 Å². The fourth-order valence-electron chi connectivity index (χ4n) is 1.66. The standard InChI is InChI=1S/C15H23NO3/c1-3-19-14(17)15(2,16)12-18-11-7-10-13-8-5-4-6-9-13/h4-6,8-9H,3,7,10-12,16H2,1-2H3. The van der Waals surface area contributed by atoms with E-state index in [-0.39, 0.29) is 6.61 Å². The van der Waals surface area contributed by atoms with Gasteiger partial charge >= 0.3 is 5.97 Å². The third-order valence-corrected chi connectivity index (χ3v) is 2.74. The van der Waals surface area contributed by atoms with Crippen LogP contribution in [0.1, 0.15) is 25.8 Å². The number of esters is 1. The van der Waals surface area contributed by atoms with Crippen molar-refractivity contribution in [1.82, 2.24) is 0 Å². The summed E-state index contributed by atoms with van der Waals surface area (Å²) in [7, 11) is 0. The maximum atomic E-state index is 11.5. The Morgan fingerprint density at radius 3 is 2.63 bits per heavy atom. The minimum Gasteiger partial charge on any atom is -0.465 e. The van der Waals surface area contributed by atoms with E-state index >= 15 is 0 Å².